The lowest BCUT2D eigenvalue weighted by Crippen LogP contribution is -1.86. The molecule has 0 aliphatic rings. The van der Waals surface area contributed by atoms with Crippen LogP contribution in [0, 0.1) is 0 Å². The van der Waals surface area contributed by atoms with E-state index in [1.807, 2.05) is 0 Å². The fourth-order valence-corrected chi connectivity index (χ4v) is 1.08. The first-order chi connectivity index (χ1) is 5.79. The highest BCUT2D eigenvalue weighted by atomic mass is 35.5. The van der Waals surface area contributed by atoms with E-state index in [2.05, 4.69) is 10.1 Å². The van der Waals surface area contributed by atoms with Gasteiger partial charge in [-0.1, -0.05) is 11.6 Å². The summed E-state index contributed by atoms with van der Waals surface area (Å²) in [6.07, 6.45) is 1.73. The fourth-order valence-electron chi connectivity index (χ4n) is 0.923. The molecule has 2 aromatic rings. The second-order valence-corrected chi connectivity index (χ2v) is 2.68. The summed E-state index contributed by atoms with van der Waals surface area (Å²) < 4.78 is 6.45. The van der Waals surface area contributed by atoms with Crippen LogP contribution in [0.5, 0.6) is 6.01 Å². The summed E-state index contributed by atoms with van der Waals surface area (Å²) in [6, 6.07) is 3.80. The Morgan fingerprint density at radius 3 is 3.17 bits per heavy atom. The molecule has 2 heterocycles. The highest BCUT2D eigenvalue weighted by Gasteiger charge is 2.01. The van der Waals surface area contributed by atoms with E-state index in [0.29, 0.717) is 16.7 Å². The van der Waals surface area contributed by atoms with Gasteiger partial charge in [0.25, 0.3) is 0 Å². The molecule has 0 amide bonds. The van der Waals surface area contributed by atoms with E-state index in [1.165, 1.54) is 7.11 Å². The van der Waals surface area contributed by atoms with Crippen molar-refractivity contribution in [3.8, 4) is 6.01 Å². The molecule has 0 saturated heterocycles. The maximum Gasteiger partial charge on any atom is 0.336 e. The van der Waals surface area contributed by atoms with E-state index in [9.17, 15) is 0 Å². The monoisotopic (exact) mass is 183 g/mol. The van der Waals surface area contributed by atoms with Crippen molar-refractivity contribution in [3.63, 3.8) is 0 Å². The summed E-state index contributed by atoms with van der Waals surface area (Å²) in [5.74, 6) is 0. The van der Waals surface area contributed by atoms with Crippen LogP contribution in [0.25, 0.3) is 5.65 Å². The van der Waals surface area contributed by atoms with Gasteiger partial charge in [0.2, 0.25) is 0 Å². The minimum atomic E-state index is 0.345. The van der Waals surface area contributed by atoms with E-state index in [0.717, 1.165) is 0 Å². The predicted molar refractivity (Wildman–Crippen MR) is 44.5 cm³/mol. The first-order valence-corrected chi connectivity index (χ1v) is 3.73. The van der Waals surface area contributed by atoms with Crippen molar-refractivity contribution in [2.75, 3.05) is 7.11 Å². The van der Waals surface area contributed by atoms with E-state index in [1.54, 1.807) is 22.8 Å². The first-order valence-electron chi connectivity index (χ1n) is 3.35. The average molecular weight is 184 g/mol. The van der Waals surface area contributed by atoms with Crippen LogP contribution in [0.3, 0.4) is 0 Å². The standard InChI is InChI=1S/C7H6ClN3O/c1-12-7-9-6-4-5(8)2-3-11(6)10-7/h2-4H,1H3. The molecule has 5 heteroatoms. The summed E-state index contributed by atoms with van der Waals surface area (Å²) in [7, 11) is 1.52. The molecule has 0 bridgehead atoms. The van der Waals surface area contributed by atoms with Crippen LogP contribution in [0.1, 0.15) is 0 Å². The summed E-state index contributed by atoms with van der Waals surface area (Å²) in [5, 5.41) is 4.63. The van der Waals surface area contributed by atoms with Gasteiger partial charge in [0.1, 0.15) is 0 Å². The Hall–Kier alpha value is -1.29. The first kappa shape index (κ1) is 7.36. The Balaban J connectivity index is 2.67. The number of halogens is 1. The van der Waals surface area contributed by atoms with Gasteiger partial charge in [0.15, 0.2) is 5.65 Å². The van der Waals surface area contributed by atoms with Crippen LogP contribution in [0.4, 0.5) is 0 Å². The summed E-state index contributed by atoms with van der Waals surface area (Å²) in [5.41, 5.74) is 0.680. The smallest absolute Gasteiger partial charge is 0.336 e. The SMILES string of the molecule is COc1nc2cc(Cl)ccn2n1. The van der Waals surface area contributed by atoms with Gasteiger partial charge in [0, 0.05) is 17.3 Å². The Morgan fingerprint density at radius 1 is 1.58 bits per heavy atom. The maximum absolute atomic E-state index is 5.75. The van der Waals surface area contributed by atoms with Crippen LogP contribution in [0.15, 0.2) is 18.3 Å². The zero-order chi connectivity index (χ0) is 8.55. The minimum absolute atomic E-state index is 0.345. The van der Waals surface area contributed by atoms with Gasteiger partial charge in [0.05, 0.1) is 7.11 Å². The molecule has 12 heavy (non-hydrogen) atoms. The fraction of sp³-hybridized carbons (Fsp3) is 0.143. The third-order valence-corrected chi connectivity index (χ3v) is 1.70. The normalized spacial score (nSPS) is 10.5. The van der Waals surface area contributed by atoms with Crippen LogP contribution < -0.4 is 4.74 Å². The molecule has 0 aromatic carbocycles. The molecule has 0 N–H and O–H groups in total. The van der Waals surface area contributed by atoms with Crippen LogP contribution >= 0.6 is 11.6 Å². The highest BCUT2D eigenvalue weighted by Crippen LogP contribution is 2.12. The molecular formula is C7H6ClN3O. The number of ether oxygens (including phenoxy) is 1. The number of methoxy groups -OCH3 is 1. The minimum Gasteiger partial charge on any atom is -0.466 e. The van der Waals surface area contributed by atoms with E-state index >= 15 is 0 Å². The van der Waals surface area contributed by atoms with Crippen LogP contribution in [0.2, 0.25) is 5.02 Å². The van der Waals surface area contributed by atoms with Gasteiger partial charge >= 0.3 is 6.01 Å². The van der Waals surface area contributed by atoms with Crippen LogP contribution in [-0.2, 0) is 0 Å². The lowest BCUT2D eigenvalue weighted by molar-refractivity contribution is 0.380. The van der Waals surface area contributed by atoms with Crippen molar-refractivity contribution in [1.82, 2.24) is 14.6 Å². The molecule has 2 aromatic heterocycles. The topological polar surface area (TPSA) is 39.4 Å². The number of fused-ring (bicyclic) bond motifs is 1. The molecule has 0 spiro atoms. The van der Waals surface area contributed by atoms with Gasteiger partial charge in [-0.3, -0.25) is 0 Å². The molecular weight excluding hydrogens is 178 g/mol. The van der Waals surface area contributed by atoms with Gasteiger partial charge in [-0.05, 0) is 6.07 Å². The number of pyridine rings is 1. The maximum atomic E-state index is 5.75. The van der Waals surface area contributed by atoms with Crippen molar-refractivity contribution < 1.29 is 4.74 Å². The van der Waals surface area contributed by atoms with Gasteiger partial charge in [-0.25, -0.2) is 4.52 Å². The Morgan fingerprint density at radius 2 is 2.42 bits per heavy atom. The second kappa shape index (κ2) is 2.64. The number of rotatable bonds is 1. The Bertz CT molecular complexity index is 412. The third kappa shape index (κ3) is 1.10. The van der Waals surface area contributed by atoms with Crippen molar-refractivity contribution in [1.29, 1.82) is 0 Å². The number of aromatic nitrogens is 3. The third-order valence-electron chi connectivity index (χ3n) is 1.46. The number of hydrogen-bond acceptors (Lipinski definition) is 3. The van der Waals surface area contributed by atoms with Crippen molar-refractivity contribution in [2.24, 2.45) is 0 Å². The largest absolute Gasteiger partial charge is 0.466 e. The zero-order valence-corrected chi connectivity index (χ0v) is 7.12. The summed E-state index contributed by atoms with van der Waals surface area (Å²) in [4.78, 5) is 4.04. The van der Waals surface area contributed by atoms with E-state index < -0.39 is 0 Å². The number of hydrogen-bond donors (Lipinski definition) is 0. The molecule has 0 saturated carbocycles. The molecule has 62 valence electrons. The van der Waals surface area contributed by atoms with Gasteiger partial charge < -0.3 is 4.74 Å². The summed E-state index contributed by atoms with van der Waals surface area (Å²) in [6.45, 7) is 0. The molecule has 0 fully saturated rings. The quantitative estimate of drug-likeness (QED) is 0.671. The molecule has 2 rings (SSSR count). The molecule has 0 aliphatic carbocycles. The van der Waals surface area contributed by atoms with Crippen molar-refractivity contribution in [2.45, 2.75) is 0 Å². The highest BCUT2D eigenvalue weighted by molar-refractivity contribution is 6.30. The Labute approximate surface area is 73.7 Å². The molecule has 0 unspecified atom stereocenters. The predicted octanol–water partition coefficient (Wildman–Crippen LogP) is 1.39. The average Bonchev–Trinajstić information content (AvgIpc) is 2.46. The van der Waals surface area contributed by atoms with Crippen molar-refractivity contribution in [3.05, 3.63) is 23.4 Å². The Kier molecular flexibility index (Phi) is 1.62. The van der Waals surface area contributed by atoms with Crippen molar-refractivity contribution >= 4 is 17.2 Å². The van der Waals surface area contributed by atoms with E-state index in [4.69, 9.17) is 16.3 Å². The lowest BCUT2D eigenvalue weighted by Gasteiger charge is -1.88. The lowest BCUT2D eigenvalue weighted by atomic mass is 10.5. The van der Waals surface area contributed by atoms with Gasteiger partial charge in [-0.15, -0.1) is 5.10 Å². The zero-order valence-electron chi connectivity index (χ0n) is 6.36. The van der Waals surface area contributed by atoms with Crippen LogP contribution in [-0.4, -0.2) is 21.7 Å². The number of nitrogens with zero attached hydrogens (tertiary/aromatic N) is 3. The molecule has 0 radical (unpaired) electrons. The molecule has 4 nitrogen and oxygen atoms in total. The van der Waals surface area contributed by atoms with Gasteiger partial charge in [-0.2, -0.15) is 4.98 Å². The summed E-state index contributed by atoms with van der Waals surface area (Å²) >= 11 is 5.75. The molecule has 0 aliphatic heterocycles. The molecule has 0 atom stereocenters. The second-order valence-electron chi connectivity index (χ2n) is 2.25. The van der Waals surface area contributed by atoms with E-state index in [-0.39, 0.29) is 0 Å².